The Morgan fingerprint density at radius 1 is 0.955 bits per heavy atom. The predicted octanol–water partition coefficient (Wildman–Crippen LogP) is 6.24. The second-order valence-corrected chi connectivity index (χ2v) is 7.20. The maximum atomic E-state index is 2.47. The smallest absolute Gasteiger partial charge is 0.00436 e. The van der Waals surface area contributed by atoms with Gasteiger partial charge in [0.2, 0.25) is 0 Å². The lowest BCUT2D eigenvalue weighted by Crippen LogP contribution is -2.27. The first kappa shape index (κ1) is 13.8. The summed E-state index contributed by atoms with van der Waals surface area (Å²) in [7, 11) is 0. The van der Waals surface area contributed by atoms with Crippen molar-refractivity contribution in [3.8, 4) is 0 Å². The lowest BCUT2D eigenvalue weighted by molar-refractivity contribution is 0.304. The Morgan fingerprint density at radius 2 is 1.73 bits per heavy atom. The van der Waals surface area contributed by atoms with Gasteiger partial charge in [-0.25, -0.2) is 0 Å². The van der Waals surface area contributed by atoms with Crippen LogP contribution in [0, 0.1) is 5.92 Å². The summed E-state index contributed by atoms with van der Waals surface area (Å²) >= 11 is 0. The number of rotatable bonds is 2. The molecule has 0 heteroatoms. The van der Waals surface area contributed by atoms with Gasteiger partial charge in [-0.05, 0) is 56.8 Å². The molecular formula is C22H24. The van der Waals surface area contributed by atoms with Crippen LogP contribution in [0.4, 0.5) is 0 Å². The third-order valence-electron chi connectivity index (χ3n) is 6.25. The van der Waals surface area contributed by atoms with E-state index in [0.717, 1.165) is 5.92 Å². The van der Waals surface area contributed by atoms with Crippen molar-refractivity contribution in [2.24, 2.45) is 5.92 Å². The molecule has 2 atom stereocenters. The van der Waals surface area contributed by atoms with Gasteiger partial charge in [0.25, 0.3) is 0 Å². The third kappa shape index (κ3) is 1.76. The van der Waals surface area contributed by atoms with Gasteiger partial charge >= 0.3 is 0 Å². The van der Waals surface area contributed by atoms with E-state index >= 15 is 0 Å². The first-order valence-corrected chi connectivity index (χ1v) is 8.59. The average Bonchev–Trinajstić information content (AvgIpc) is 2.92. The largest absolute Gasteiger partial charge is 0.0651 e. The molecule has 0 bridgehead atoms. The molecule has 0 fully saturated rings. The number of hydrogen-bond acceptors (Lipinski definition) is 0. The number of hydrogen-bond donors (Lipinski definition) is 0. The van der Waals surface area contributed by atoms with Gasteiger partial charge in [0.05, 0.1) is 0 Å². The summed E-state index contributed by atoms with van der Waals surface area (Å²) in [6, 6.07) is 18.2. The maximum Gasteiger partial charge on any atom is -0.00436 e. The van der Waals surface area contributed by atoms with E-state index in [1.807, 2.05) is 0 Å². The lowest BCUT2D eigenvalue weighted by Gasteiger charge is -2.32. The molecule has 4 rings (SSSR count). The summed E-state index contributed by atoms with van der Waals surface area (Å²) in [5, 5.41) is 5.63. The van der Waals surface area contributed by atoms with E-state index in [4.69, 9.17) is 0 Å². The Kier molecular flexibility index (Phi) is 3.04. The zero-order valence-electron chi connectivity index (χ0n) is 13.8. The van der Waals surface area contributed by atoms with Gasteiger partial charge in [0.1, 0.15) is 0 Å². The molecule has 0 nitrogen and oxygen atoms in total. The Hall–Kier alpha value is -1.82. The first-order valence-electron chi connectivity index (χ1n) is 8.59. The second-order valence-electron chi connectivity index (χ2n) is 7.20. The van der Waals surface area contributed by atoms with Crippen molar-refractivity contribution in [1.82, 2.24) is 0 Å². The molecule has 22 heavy (non-hydrogen) atoms. The minimum absolute atomic E-state index is 0.351. The zero-order chi connectivity index (χ0) is 15.3. The van der Waals surface area contributed by atoms with Crippen molar-refractivity contribution in [2.75, 3.05) is 0 Å². The monoisotopic (exact) mass is 288 g/mol. The summed E-state index contributed by atoms with van der Waals surface area (Å²) in [5.74, 6) is 0.742. The summed E-state index contributed by atoms with van der Waals surface area (Å²) in [4.78, 5) is 0. The topological polar surface area (TPSA) is 0 Å². The highest BCUT2D eigenvalue weighted by Crippen LogP contribution is 2.47. The summed E-state index contributed by atoms with van der Waals surface area (Å²) in [6.07, 6.45) is 3.78. The molecule has 0 N–H and O–H groups in total. The van der Waals surface area contributed by atoms with Gasteiger partial charge in [-0.2, -0.15) is 0 Å². The molecule has 0 aromatic heterocycles. The average molecular weight is 288 g/mol. The Balaban J connectivity index is 2.01. The molecule has 0 aliphatic heterocycles. The van der Waals surface area contributed by atoms with Crippen LogP contribution >= 0.6 is 0 Å². The highest BCUT2D eigenvalue weighted by atomic mass is 14.4. The van der Waals surface area contributed by atoms with Gasteiger partial charge in [-0.1, -0.05) is 75.7 Å². The Bertz CT molecular complexity index is 858. The van der Waals surface area contributed by atoms with E-state index in [1.165, 1.54) is 40.8 Å². The molecule has 0 heterocycles. The molecule has 3 aromatic carbocycles. The van der Waals surface area contributed by atoms with Crippen LogP contribution in [-0.4, -0.2) is 0 Å². The SMILES string of the molecule is CCC(C)[C@@]1(C)CCc2c1ccc1c2ccc2ccccc21. The van der Waals surface area contributed by atoms with Gasteiger partial charge in [0, 0.05) is 0 Å². The molecule has 0 amide bonds. The van der Waals surface area contributed by atoms with Crippen molar-refractivity contribution >= 4 is 21.5 Å². The van der Waals surface area contributed by atoms with Crippen molar-refractivity contribution in [3.05, 3.63) is 59.7 Å². The normalized spacial score (nSPS) is 22.1. The van der Waals surface area contributed by atoms with Gasteiger partial charge < -0.3 is 0 Å². The molecule has 0 spiro atoms. The zero-order valence-corrected chi connectivity index (χ0v) is 13.8. The predicted molar refractivity (Wildman–Crippen MR) is 96.6 cm³/mol. The maximum absolute atomic E-state index is 2.47. The molecule has 112 valence electrons. The van der Waals surface area contributed by atoms with Crippen LogP contribution < -0.4 is 0 Å². The van der Waals surface area contributed by atoms with Crippen LogP contribution in [0.5, 0.6) is 0 Å². The van der Waals surface area contributed by atoms with E-state index in [9.17, 15) is 0 Å². The van der Waals surface area contributed by atoms with Crippen LogP contribution in [0.25, 0.3) is 21.5 Å². The minimum Gasteiger partial charge on any atom is -0.0651 e. The van der Waals surface area contributed by atoms with Crippen molar-refractivity contribution in [2.45, 2.75) is 45.4 Å². The highest BCUT2D eigenvalue weighted by Gasteiger charge is 2.38. The fourth-order valence-electron chi connectivity index (χ4n) is 4.44. The van der Waals surface area contributed by atoms with Gasteiger partial charge in [0.15, 0.2) is 0 Å². The molecule has 1 unspecified atom stereocenters. The molecule has 0 saturated heterocycles. The van der Waals surface area contributed by atoms with Crippen molar-refractivity contribution in [3.63, 3.8) is 0 Å². The standard InChI is InChI=1S/C22H24/c1-4-15(2)22(3)14-13-20-19-10-9-16-7-5-6-8-17(16)18(19)11-12-21(20)22/h5-12,15H,4,13-14H2,1-3H3/t15?,22-/m1/s1. The molecule has 1 aliphatic rings. The van der Waals surface area contributed by atoms with E-state index in [-0.39, 0.29) is 0 Å². The van der Waals surface area contributed by atoms with Gasteiger partial charge in [-0.15, -0.1) is 0 Å². The fourth-order valence-corrected chi connectivity index (χ4v) is 4.44. The number of aryl methyl sites for hydroxylation is 1. The number of fused-ring (bicyclic) bond motifs is 5. The number of benzene rings is 3. The van der Waals surface area contributed by atoms with E-state index in [2.05, 4.69) is 69.3 Å². The van der Waals surface area contributed by atoms with E-state index in [1.54, 1.807) is 11.1 Å². The van der Waals surface area contributed by atoms with Crippen LogP contribution in [0.3, 0.4) is 0 Å². The fraction of sp³-hybridized carbons (Fsp3) is 0.364. The quantitative estimate of drug-likeness (QED) is 0.489. The van der Waals surface area contributed by atoms with Crippen LogP contribution in [0.2, 0.25) is 0 Å². The Labute approximate surface area is 133 Å². The van der Waals surface area contributed by atoms with Crippen LogP contribution in [0.1, 0.15) is 44.7 Å². The first-order chi connectivity index (χ1) is 10.6. The second kappa shape index (κ2) is 4.84. The summed E-state index contributed by atoms with van der Waals surface area (Å²) < 4.78 is 0. The molecule has 0 saturated carbocycles. The molecular weight excluding hydrogens is 264 g/mol. The van der Waals surface area contributed by atoms with E-state index < -0.39 is 0 Å². The lowest BCUT2D eigenvalue weighted by atomic mass is 9.72. The highest BCUT2D eigenvalue weighted by molar-refractivity contribution is 6.08. The summed E-state index contributed by atoms with van der Waals surface area (Å²) in [5.41, 5.74) is 3.56. The van der Waals surface area contributed by atoms with Crippen LogP contribution in [-0.2, 0) is 11.8 Å². The minimum atomic E-state index is 0.351. The third-order valence-corrected chi connectivity index (χ3v) is 6.25. The molecule has 0 radical (unpaired) electrons. The van der Waals surface area contributed by atoms with E-state index in [0.29, 0.717) is 5.41 Å². The molecule has 1 aliphatic carbocycles. The Morgan fingerprint density at radius 3 is 2.55 bits per heavy atom. The van der Waals surface area contributed by atoms with Crippen molar-refractivity contribution < 1.29 is 0 Å². The van der Waals surface area contributed by atoms with Crippen molar-refractivity contribution in [1.29, 1.82) is 0 Å². The molecule has 3 aromatic rings. The van der Waals surface area contributed by atoms with Crippen LogP contribution in [0.15, 0.2) is 48.5 Å². The van der Waals surface area contributed by atoms with Gasteiger partial charge in [-0.3, -0.25) is 0 Å². The summed E-state index contributed by atoms with van der Waals surface area (Å²) in [6.45, 7) is 7.21.